The van der Waals surface area contributed by atoms with Gasteiger partial charge in [0.25, 0.3) is 0 Å². The van der Waals surface area contributed by atoms with Gasteiger partial charge in [0, 0.05) is 31.9 Å². The van der Waals surface area contributed by atoms with E-state index in [0.717, 1.165) is 31.7 Å². The number of nitrogens with zero attached hydrogens (tertiary/aromatic N) is 2. The van der Waals surface area contributed by atoms with Gasteiger partial charge in [-0.05, 0) is 35.6 Å². The molecule has 2 aliphatic rings. The molecule has 2 saturated heterocycles. The number of fused-ring (bicyclic) bond motifs is 1. The van der Waals surface area contributed by atoms with Gasteiger partial charge >= 0.3 is 0 Å². The molecular weight excluding hydrogens is 348 g/mol. The van der Waals surface area contributed by atoms with E-state index in [1.165, 1.54) is 11.1 Å². The Kier molecular flexibility index (Phi) is 5.79. The van der Waals surface area contributed by atoms with Gasteiger partial charge in [-0.3, -0.25) is 9.69 Å². The van der Waals surface area contributed by atoms with Gasteiger partial charge in [0.2, 0.25) is 5.91 Å². The molecule has 0 bridgehead atoms. The van der Waals surface area contributed by atoms with Crippen molar-refractivity contribution < 1.29 is 9.53 Å². The molecule has 0 spiro atoms. The molecule has 2 aromatic rings. The lowest BCUT2D eigenvalue weighted by Gasteiger charge is -2.37. The predicted molar refractivity (Wildman–Crippen MR) is 112 cm³/mol. The van der Waals surface area contributed by atoms with Crippen LogP contribution in [-0.4, -0.2) is 43.2 Å². The lowest BCUT2D eigenvalue weighted by Crippen LogP contribution is -2.49. The van der Waals surface area contributed by atoms with Crippen LogP contribution in [0.1, 0.15) is 37.3 Å². The fourth-order valence-electron chi connectivity index (χ4n) is 4.31. The molecule has 2 atom stereocenters. The first kappa shape index (κ1) is 19.2. The molecule has 2 aliphatic heterocycles. The Labute approximate surface area is 168 Å². The maximum absolute atomic E-state index is 13.3. The minimum atomic E-state index is -0.0913. The fourth-order valence-corrected chi connectivity index (χ4v) is 4.31. The highest BCUT2D eigenvalue weighted by Gasteiger charge is 2.39. The van der Waals surface area contributed by atoms with E-state index >= 15 is 0 Å². The van der Waals surface area contributed by atoms with Crippen molar-refractivity contribution in [3.63, 3.8) is 0 Å². The number of carbonyl (C=O) groups is 1. The van der Waals surface area contributed by atoms with Crippen molar-refractivity contribution in [2.45, 2.75) is 38.8 Å². The Balaban J connectivity index is 1.46. The lowest BCUT2D eigenvalue weighted by atomic mass is 9.92. The van der Waals surface area contributed by atoms with Crippen molar-refractivity contribution in [2.75, 3.05) is 31.1 Å². The maximum atomic E-state index is 13.3. The van der Waals surface area contributed by atoms with Crippen molar-refractivity contribution in [2.24, 2.45) is 5.92 Å². The van der Waals surface area contributed by atoms with E-state index in [1.807, 2.05) is 35.2 Å². The summed E-state index contributed by atoms with van der Waals surface area (Å²) in [6, 6.07) is 18.9. The quantitative estimate of drug-likeness (QED) is 0.804. The topological polar surface area (TPSA) is 32.8 Å². The Bertz CT molecular complexity index is 788. The van der Waals surface area contributed by atoms with Crippen LogP contribution in [0.4, 0.5) is 5.69 Å². The number of benzene rings is 2. The first-order chi connectivity index (χ1) is 13.6. The van der Waals surface area contributed by atoms with E-state index in [2.05, 4.69) is 43.0 Å². The minimum Gasteiger partial charge on any atom is -0.375 e. The molecule has 4 nitrogen and oxygen atoms in total. The van der Waals surface area contributed by atoms with Gasteiger partial charge in [0.1, 0.15) is 0 Å². The van der Waals surface area contributed by atoms with E-state index in [0.29, 0.717) is 19.1 Å². The summed E-state index contributed by atoms with van der Waals surface area (Å²) in [5.41, 5.74) is 3.65. The Morgan fingerprint density at radius 3 is 2.50 bits per heavy atom. The van der Waals surface area contributed by atoms with Crippen LogP contribution in [0.5, 0.6) is 0 Å². The number of likely N-dealkylation sites (tertiary alicyclic amines) is 1. The van der Waals surface area contributed by atoms with Crippen LogP contribution in [0.2, 0.25) is 0 Å². The number of para-hydroxylation sites is 1. The number of piperidine rings is 1. The molecule has 2 fully saturated rings. The normalized spacial score (nSPS) is 23.5. The highest BCUT2D eigenvalue weighted by Crippen LogP contribution is 2.28. The van der Waals surface area contributed by atoms with Crippen molar-refractivity contribution in [1.29, 1.82) is 0 Å². The summed E-state index contributed by atoms with van der Waals surface area (Å²) >= 11 is 0. The summed E-state index contributed by atoms with van der Waals surface area (Å²) in [5.74, 6) is 0.662. The lowest BCUT2D eigenvalue weighted by molar-refractivity contribution is -0.128. The summed E-state index contributed by atoms with van der Waals surface area (Å²) in [6.07, 6.45) is 0.962. The van der Waals surface area contributed by atoms with Crippen molar-refractivity contribution >= 4 is 11.6 Å². The number of hydrogen-bond donors (Lipinski definition) is 0. The zero-order valence-corrected chi connectivity index (χ0v) is 16.9. The Morgan fingerprint density at radius 2 is 1.79 bits per heavy atom. The van der Waals surface area contributed by atoms with E-state index in [4.69, 9.17) is 4.74 Å². The van der Waals surface area contributed by atoms with Crippen LogP contribution in [0.25, 0.3) is 0 Å². The molecule has 28 heavy (non-hydrogen) atoms. The van der Waals surface area contributed by atoms with E-state index in [-0.39, 0.29) is 17.9 Å². The molecule has 4 rings (SSSR count). The highest BCUT2D eigenvalue weighted by atomic mass is 16.5. The van der Waals surface area contributed by atoms with Gasteiger partial charge in [0.05, 0.1) is 18.6 Å². The summed E-state index contributed by atoms with van der Waals surface area (Å²) in [6.45, 7) is 8.31. The fraction of sp³-hybridized carbons (Fsp3) is 0.458. The largest absolute Gasteiger partial charge is 0.375 e. The third kappa shape index (κ3) is 4.13. The summed E-state index contributed by atoms with van der Waals surface area (Å²) < 4.78 is 6.08. The third-order valence-corrected chi connectivity index (χ3v) is 5.98. The number of rotatable bonds is 4. The van der Waals surface area contributed by atoms with Crippen molar-refractivity contribution in [3.8, 4) is 0 Å². The number of hydrogen-bond acceptors (Lipinski definition) is 3. The zero-order chi connectivity index (χ0) is 19.5. The highest BCUT2D eigenvalue weighted by molar-refractivity contribution is 5.95. The SMILES string of the molecule is CC(C)c1ccc(CN2CCC3OCCN(c4ccccc4)C(=O)C3C2)cc1. The Hall–Kier alpha value is -2.17. The molecule has 2 unspecified atom stereocenters. The van der Waals surface area contributed by atoms with Crippen LogP contribution < -0.4 is 4.90 Å². The zero-order valence-electron chi connectivity index (χ0n) is 16.9. The molecule has 148 valence electrons. The second-order valence-corrected chi connectivity index (χ2v) is 8.26. The number of anilines is 1. The van der Waals surface area contributed by atoms with Crippen LogP contribution in [0.15, 0.2) is 54.6 Å². The van der Waals surface area contributed by atoms with Gasteiger partial charge in [-0.15, -0.1) is 0 Å². The molecule has 1 amide bonds. The van der Waals surface area contributed by atoms with Gasteiger partial charge in [0.15, 0.2) is 0 Å². The molecule has 0 N–H and O–H groups in total. The smallest absolute Gasteiger partial charge is 0.234 e. The molecule has 2 heterocycles. The average Bonchev–Trinajstić information content (AvgIpc) is 2.88. The summed E-state index contributed by atoms with van der Waals surface area (Å²) in [4.78, 5) is 17.6. The van der Waals surface area contributed by atoms with Crippen LogP contribution in [-0.2, 0) is 16.1 Å². The molecule has 0 saturated carbocycles. The summed E-state index contributed by atoms with van der Waals surface area (Å²) in [5, 5.41) is 0. The minimum absolute atomic E-state index is 0.0424. The standard InChI is InChI=1S/C24H30N2O2/c1-18(2)20-10-8-19(9-11-20)16-25-13-12-23-22(17-25)24(27)26(14-15-28-23)21-6-4-3-5-7-21/h3-11,18,22-23H,12-17H2,1-2H3. The first-order valence-corrected chi connectivity index (χ1v) is 10.4. The van der Waals surface area contributed by atoms with E-state index in [1.54, 1.807) is 0 Å². The predicted octanol–water partition coefficient (Wildman–Crippen LogP) is 4.06. The Morgan fingerprint density at radius 1 is 1.04 bits per heavy atom. The van der Waals surface area contributed by atoms with Crippen LogP contribution in [0, 0.1) is 5.92 Å². The van der Waals surface area contributed by atoms with Gasteiger partial charge in [-0.2, -0.15) is 0 Å². The average molecular weight is 379 g/mol. The van der Waals surface area contributed by atoms with Crippen LogP contribution >= 0.6 is 0 Å². The van der Waals surface area contributed by atoms with Crippen molar-refractivity contribution in [3.05, 3.63) is 65.7 Å². The van der Waals surface area contributed by atoms with Gasteiger partial charge < -0.3 is 9.64 Å². The first-order valence-electron chi connectivity index (χ1n) is 10.4. The number of ether oxygens (including phenoxy) is 1. The second-order valence-electron chi connectivity index (χ2n) is 8.26. The van der Waals surface area contributed by atoms with Gasteiger partial charge in [-0.1, -0.05) is 56.3 Å². The monoisotopic (exact) mass is 378 g/mol. The second kappa shape index (κ2) is 8.46. The van der Waals surface area contributed by atoms with Crippen LogP contribution in [0.3, 0.4) is 0 Å². The number of carbonyl (C=O) groups excluding carboxylic acids is 1. The molecule has 2 aromatic carbocycles. The molecule has 0 aromatic heterocycles. The third-order valence-electron chi connectivity index (χ3n) is 5.98. The van der Waals surface area contributed by atoms with Gasteiger partial charge in [-0.25, -0.2) is 0 Å². The summed E-state index contributed by atoms with van der Waals surface area (Å²) in [7, 11) is 0. The molecule has 0 aliphatic carbocycles. The maximum Gasteiger partial charge on any atom is 0.234 e. The van der Waals surface area contributed by atoms with E-state index < -0.39 is 0 Å². The van der Waals surface area contributed by atoms with E-state index in [9.17, 15) is 4.79 Å². The molecular formula is C24H30N2O2. The number of amides is 1. The van der Waals surface area contributed by atoms with Crippen molar-refractivity contribution in [1.82, 2.24) is 4.90 Å². The molecule has 4 heteroatoms. The molecule has 0 radical (unpaired) electrons.